The minimum absolute atomic E-state index is 0.154. The Labute approximate surface area is 182 Å². The molecule has 0 radical (unpaired) electrons. The zero-order valence-electron chi connectivity index (χ0n) is 18.1. The third-order valence-corrected chi connectivity index (χ3v) is 6.10. The summed E-state index contributed by atoms with van der Waals surface area (Å²) in [5.74, 6) is 1.61. The van der Waals surface area contributed by atoms with Gasteiger partial charge in [-0.2, -0.15) is 0 Å². The summed E-state index contributed by atoms with van der Waals surface area (Å²) >= 11 is 0. The van der Waals surface area contributed by atoms with Gasteiger partial charge in [-0.3, -0.25) is 9.69 Å². The smallest absolute Gasteiger partial charge is 0.326 e. The van der Waals surface area contributed by atoms with E-state index in [2.05, 4.69) is 20.1 Å². The highest BCUT2D eigenvalue weighted by Crippen LogP contribution is 2.24. The maximum atomic E-state index is 13.1. The number of aromatic nitrogens is 1. The highest BCUT2D eigenvalue weighted by Gasteiger charge is 2.47. The second kappa shape index (κ2) is 8.93. The van der Waals surface area contributed by atoms with Crippen molar-refractivity contribution in [3.8, 4) is 5.75 Å². The SMILES string of the molecule is COc1ccc(CC[C@@]2(C)NC(=O)N(CN3CCN(c4ccccn4)CC3)C2=O)cc1. The summed E-state index contributed by atoms with van der Waals surface area (Å²) in [6, 6.07) is 13.4. The quantitative estimate of drug-likeness (QED) is 0.688. The van der Waals surface area contributed by atoms with Crippen LogP contribution >= 0.6 is 0 Å². The molecule has 2 fully saturated rings. The Balaban J connectivity index is 1.31. The van der Waals surface area contributed by atoms with Crippen LogP contribution in [0, 0.1) is 0 Å². The molecule has 0 spiro atoms. The van der Waals surface area contributed by atoms with Gasteiger partial charge in [-0.15, -0.1) is 0 Å². The molecule has 4 rings (SSSR count). The average molecular weight is 424 g/mol. The summed E-state index contributed by atoms with van der Waals surface area (Å²) < 4.78 is 5.19. The first-order chi connectivity index (χ1) is 15.0. The molecule has 1 N–H and O–H groups in total. The predicted octanol–water partition coefficient (Wildman–Crippen LogP) is 2.11. The number of pyridine rings is 1. The van der Waals surface area contributed by atoms with Crippen molar-refractivity contribution in [2.75, 3.05) is 44.9 Å². The van der Waals surface area contributed by atoms with E-state index in [1.807, 2.05) is 49.4 Å². The number of amides is 3. The molecule has 8 heteroatoms. The lowest BCUT2D eigenvalue weighted by molar-refractivity contribution is -0.132. The highest BCUT2D eigenvalue weighted by atomic mass is 16.5. The van der Waals surface area contributed by atoms with E-state index in [4.69, 9.17) is 4.74 Å². The molecule has 0 aliphatic carbocycles. The van der Waals surface area contributed by atoms with Crippen LogP contribution in [0.25, 0.3) is 0 Å². The maximum absolute atomic E-state index is 13.1. The van der Waals surface area contributed by atoms with Gasteiger partial charge in [0, 0.05) is 32.4 Å². The molecule has 0 unspecified atom stereocenters. The summed E-state index contributed by atoms with van der Waals surface area (Å²) in [6.07, 6.45) is 3.04. The van der Waals surface area contributed by atoms with E-state index in [0.29, 0.717) is 19.5 Å². The van der Waals surface area contributed by atoms with E-state index in [1.54, 1.807) is 13.3 Å². The number of piperazine rings is 1. The zero-order chi connectivity index (χ0) is 21.8. The molecule has 164 valence electrons. The lowest BCUT2D eigenvalue weighted by atomic mass is 9.93. The fraction of sp³-hybridized carbons (Fsp3) is 0.435. The third kappa shape index (κ3) is 4.64. The number of anilines is 1. The summed E-state index contributed by atoms with van der Waals surface area (Å²) in [5.41, 5.74) is 0.223. The number of urea groups is 1. The molecule has 0 bridgehead atoms. The monoisotopic (exact) mass is 423 g/mol. The van der Waals surface area contributed by atoms with Gasteiger partial charge in [-0.25, -0.2) is 14.7 Å². The molecule has 3 amide bonds. The molecule has 2 aliphatic heterocycles. The van der Waals surface area contributed by atoms with E-state index in [-0.39, 0.29) is 11.9 Å². The topological polar surface area (TPSA) is 78.0 Å². The molecule has 2 aromatic rings. The minimum Gasteiger partial charge on any atom is -0.497 e. The number of nitrogens with zero attached hydrogens (tertiary/aromatic N) is 4. The van der Waals surface area contributed by atoms with Crippen LogP contribution in [0.3, 0.4) is 0 Å². The number of carbonyl (C=O) groups excluding carboxylic acids is 2. The van der Waals surface area contributed by atoms with Crippen LogP contribution in [-0.4, -0.2) is 72.2 Å². The Bertz CT molecular complexity index is 913. The minimum atomic E-state index is -0.882. The van der Waals surface area contributed by atoms with Crippen molar-refractivity contribution in [2.45, 2.75) is 25.3 Å². The molecule has 31 heavy (non-hydrogen) atoms. The van der Waals surface area contributed by atoms with Crippen LogP contribution in [0.15, 0.2) is 48.7 Å². The number of benzene rings is 1. The average Bonchev–Trinajstić information content (AvgIpc) is 3.02. The molecule has 2 aliphatic rings. The second-order valence-electron chi connectivity index (χ2n) is 8.28. The van der Waals surface area contributed by atoms with Gasteiger partial charge >= 0.3 is 6.03 Å². The standard InChI is InChI=1S/C23H29N5O3/c1-23(11-10-18-6-8-19(31-2)9-7-18)21(29)28(22(30)25-23)17-26-13-15-27(16-14-26)20-5-3-4-12-24-20/h3-9,12H,10-11,13-17H2,1-2H3,(H,25,30)/t23-/m1/s1. The molecule has 0 saturated carbocycles. The van der Waals surface area contributed by atoms with Crippen LogP contribution < -0.4 is 15.0 Å². The van der Waals surface area contributed by atoms with Crippen molar-refractivity contribution in [1.82, 2.24) is 20.1 Å². The summed E-state index contributed by atoms with van der Waals surface area (Å²) in [6.45, 7) is 5.31. The molecular weight excluding hydrogens is 394 g/mol. The second-order valence-corrected chi connectivity index (χ2v) is 8.28. The maximum Gasteiger partial charge on any atom is 0.326 e. The predicted molar refractivity (Wildman–Crippen MR) is 118 cm³/mol. The van der Waals surface area contributed by atoms with E-state index >= 15 is 0 Å². The number of imide groups is 1. The number of methoxy groups -OCH3 is 1. The number of ether oxygens (including phenoxy) is 1. The van der Waals surface area contributed by atoms with E-state index in [0.717, 1.165) is 43.3 Å². The fourth-order valence-corrected chi connectivity index (χ4v) is 4.09. The fourth-order valence-electron chi connectivity index (χ4n) is 4.09. The zero-order valence-corrected chi connectivity index (χ0v) is 18.1. The van der Waals surface area contributed by atoms with E-state index < -0.39 is 5.54 Å². The van der Waals surface area contributed by atoms with Crippen molar-refractivity contribution in [1.29, 1.82) is 0 Å². The first-order valence-corrected chi connectivity index (χ1v) is 10.6. The molecule has 1 aromatic heterocycles. The van der Waals surface area contributed by atoms with E-state index in [1.165, 1.54) is 4.90 Å². The van der Waals surface area contributed by atoms with Gasteiger partial charge in [-0.05, 0) is 49.6 Å². The first-order valence-electron chi connectivity index (χ1n) is 10.6. The molecular formula is C23H29N5O3. The number of carbonyl (C=O) groups is 2. The summed E-state index contributed by atoms with van der Waals surface area (Å²) in [4.78, 5) is 35.8. The van der Waals surface area contributed by atoms with Gasteiger partial charge in [0.1, 0.15) is 17.1 Å². The largest absolute Gasteiger partial charge is 0.497 e. The van der Waals surface area contributed by atoms with Crippen LogP contribution in [0.4, 0.5) is 10.6 Å². The molecule has 1 aromatic carbocycles. The van der Waals surface area contributed by atoms with Gasteiger partial charge in [-0.1, -0.05) is 18.2 Å². The van der Waals surface area contributed by atoms with Crippen molar-refractivity contribution in [3.05, 3.63) is 54.2 Å². The van der Waals surface area contributed by atoms with Crippen molar-refractivity contribution < 1.29 is 14.3 Å². The third-order valence-electron chi connectivity index (χ3n) is 6.10. The van der Waals surface area contributed by atoms with Gasteiger partial charge in [0.25, 0.3) is 5.91 Å². The molecule has 1 atom stereocenters. The number of hydrogen-bond donors (Lipinski definition) is 1. The van der Waals surface area contributed by atoms with Gasteiger partial charge in [0.05, 0.1) is 13.8 Å². The Morgan fingerprint density at radius 3 is 2.45 bits per heavy atom. The normalized spacial score (nSPS) is 22.0. The highest BCUT2D eigenvalue weighted by molar-refractivity contribution is 6.06. The van der Waals surface area contributed by atoms with Gasteiger partial charge in [0.2, 0.25) is 0 Å². The number of rotatable bonds is 7. The number of hydrogen-bond acceptors (Lipinski definition) is 6. The van der Waals surface area contributed by atoms with Gasteiger partial charge in [0.15, 0.2) is 0 Å². The van der Waals surface area contributed by atoms with Crippen molar-refractivity contribution in [3.63, 3.8) is 0 Å². The van der Waals surface area contributed by atoms with Crippen molar-refractivity contribution in [2.24, 2.45) is 0 Å². The molecule has 8 nitrogen and oxygen atoms in total. The molecule has 2 saturated heterocycles. The Hall–Kier alpha value is -3.13. The first kappa shape index (κ1) is 21.1. The summed E-state index contributed by atoms with van der Waals surface area (Å²) in [7, 11) is 1.63. The van der Waals surface area contributed by atoms with E-state index in [9.17, 15) is 9.59 Å². The van der Waals surface area contributed by atoms with Crippen LogP contribution in [-0.2, 0) is 11.2 Å². The van der Waals surface area contributed by atoms with Gasteiger partial charge < -0.3 is 15.0 Å². The lowest BCUT2D eigenvalue weighted by Crippen LogP contribution is -2.52. The Morgan fingerprint density at radius 2 is 1.81 bits per heavy atom. The molecule has 3 heterocycles. The Morgan fingerprint density at radius 1 is 1.06 bits per heavy atom. The Kier molecular flexibility index (Phi) is 6.08. The number of nitrogens with one attached hydrogen (secondary N) is 1. The summed E-state index contributed by atoms with van der Waals surface area (Å²) in [5, 5.41) is 2.91. The van der Waals surface area contributed by atoms with Crippen LogP contribution in [0.1, 0.15) is 18.9 Å². The van der Waals surface area contributed by atoms with Crippen LogP contribution in [0.2, 0.25) is 0 Å². The van der Waals surface area contributed by atoms with Crippen molar-refractivity contribution >= 4 is 17.8 Å². The lowest BCUT2D eigenvalue weighted by Gasteiger charge is -2.36. The van der Waals surface area contributed by atoms with Crippen LogP contribution in [0.5, 0.6) is 5.75 Å². The number of aryl methyl sites for hydroxylation is 1.